The van der Waals surface area contributed by atoms with Crippen molar-refractivity contribution >= 4 is 38.4 Å². The molecule has 0 atom stereocenters. The van der Waals surface area contributed by atoms with Crippen LogP contribution in [0.2, 0.25) is 0 Å². The standard InChI is InChI=1S/C22H22BrN3O2/c23-17-4-3-5-18(12-17)25-21(27)16-10-8-15(9-11-16)13-26-14-24-20-7-2-1-6-19(20)22(26)28/h1-7,12,14-16H,8-11,13H2,(H,25,27). The van der Waals surface area contributed by atoms with E-state index in [0.717, 1.165) is 41.4 Å². The summed E-state index contributed by atoms with van der Waals surface area (Å²) in [7, 11) is 0. The second kappa shape index (κ2) is 8.27. The van der Waals surface area contributed by atoms with Gasteiger partial charge in [-0.2, -0.15) is 0 Å². The molecule has 0 saturated heterocycles. The van der Waals surface area contributed by atoms with Gasteiger partial charge in [0.2, 0.25) is 5.91 Å². The van der Waals surface area contributed by atoms with E-state index in [-0.39, 0.29) is 17.4 Å². The van der Waals surface area contributed by atoms with Crippen molar-refractivity contribution in [2.24, 2.45) is 11.8 Å². The van der Waals surface area contributed by atoms with E-state index in [9.17, 15) is 9.59 Å². The molecule has 1 saturated carbocycles. The van der Waals surface area contributed by atoms with Crippen LogP contribution in [-0.2, 0) is 11.3 Å². The van der Waals surface area contributed by atoms with Gasteiger partial charge in [-0.1, -0.05) is 34.1 Å². The molecule has 5 nitrogen and oxygen atoms in total. The van der Waals surface area contributed by atoms with Gasteiger partial charge in [0, 0.05) is 22.6 Å². The number of halogens is 1. The molecule has 0 radical (unpaired) electrons. The fraction of sp³-hybridized carbons (Fsp3) is 0.318. The summed E-state index contributed by atoms with van der Waals surface area (Å²) in [5.74, 6) is 0.512. The lowest BCUT2D eigenvalue weighted by molar-refractivity contribution is -0.121. The van der Waals surface area contributed by atoms with Gasteiger partial charge in [-0.3, -0.25) is 14.2 Å². The highest BCUT2D eigenvalue weighted by Gasteiger charge is 2.26. The van der Waals surface area contributed by atoms with Gasteiger partial charge < -0.3 is 5.32 Å². The van der Waals surface area contributed by atoms with Crippen molar-refractivity contribution in [1.29, 1.82) is 0 Å². The van der Waals surface area contributed by atoms with Gasteiger partial charge in [-0.15, -0.1) is 0 Å². The monoisotopic (exact) mass is 439 g/mol. The number of aromatic nitrogens is 2. The van der Waals surface area contributed by atoms with Crippen molar-refractivity contribution in [1.82, 2.24) is 9.55 Å². The fourth-order valence-electron chi connectivity index (χ4n) is 3.93. The van der Waals surface area contributed by atoms with E-state index in [0.29, 0.717) is 17.8 Å². The van der Waals surface area contributed by atoms with Gasteiger partial charge >= 0.3 is 0 Å². The molecule has 0 spiro atoms. The Hall–Kier alpha value is -2.47. The summed E-state index contributed by atoms with van der Waals surface area (Å²) in [6.45, 7) is 0.663. The number of nitrogens with one attached hydrogen (secondary N) is 1. The number of hydrogen-bond acceptors (Lipinski definition) is 3. The number of fused-ring (bicyclic) bond motifs is 1. The molecule has 1 fully saturated rings. The summed E-state index contributed by atoms with van der Waals surface area (Å²) in [6.07, 6.45) is 5.23. The van der Waals surface area contributed by atoms with Gasteiger partial charge in [0.25, 0.3) is 5.56 Å². The number of para-hydroxylation sites is 1. The van der Waals surface area contributed by atoms with Gasteiger partial charge in [0.15, 0.2) is 0 Å². The van der Waals surface area contributed by atoms with E-state index in [1.54, 1.807) is 10.9 Å². The lowest BCUT2D eigenvalue weighted by atomic mass is 9.81. The largest absolute Gasteiger partial charge is 0.326 e. The van der Waals surface area contributed by atoms with Gasteiger partial charge in [0.05, 0.1) is 17.2 Å². The number of benzene rings is 2. The first-order valence-corrected chi connectivity index (χ1v) is 10.4. The molecular weight excluding hydrogens is 418 g/mol. The minimum absolute atomic E-state index is 0.0140. The molecule has 0 aliphatic heterocycles. The van der Waals surface area contributed by atoms with E-state index in [1.165, 1.54) is 0 Å². The maximum atomic E-state index is 12.7. The molecular formula is C22H22BrN3O2. The molecule has 1 N–H and O–H groups in total. The Kier molecular flexibility index (Phi) is 5.57. The molecule has 28 heavy (non-hydrogen) atoms. The fourth-order valence-corrected chi connectivity index (χ4v) is 4.33. The molecule has 0 unspecified atom stereocenters. The van der Waals surface area contributed by atoms with Crippen molar-refractivity contribution in [2.45, 2.75) is 32.2 Å². The highest BCUT2D eigenvalue weighted by molar-refractivity contribution is 9.10. The maximum absolute atomic E-state index is 12.7. The number of rotatable bonds is 4. The van der Waals surface area contributed by atoms with E-state index >= 15 is 0 Å². The summed E-state index contributed by atoms with van der Waals surface area (Å²) in [6, 6.07) is 15.1. The first kappa shape index (κ1) is 18.9. The summed E-state index contributed by atoms with van der Waals surface area (Å²) in [4.78, 5) is 29.6. The van der Waals surface area contributed by atoms with Crippen LogP contribution in [0.15, 0.2) is 64.1 Å². The number of anilines is 1. The van der Waals surface area contributed by atoms with E-state index in [1.807, 2.05) is 48.5 Å². The Morgan fingerprint density at radius 3 is 2.68 bits per heavy atom. The zero-order valence-corrected chi connectivity index (χ0v) is 17.1. The number of amides is 1. The predicted molar refractivity (Wildman–Crippen MR) is 114 cm³/mol. The number of carbonyl (C=O) groups excluding carboxylic acids is 1. The van der Waals surface area contributed by atoms with Crippen LogP contribution in [0.25, 0.3) is 10.9 Å². The number of nitrogens with zero attached hydrogens (tertiary/aromatic N) is 2. The van der Waals surface area contributed by atoms with Crippen LogP contribution in [0.1, 0.15) is 25.7 Å². The van der Waals surface area contributed by atoms with Crippen LogP contribution < -0.4 is 10.9 Å². The highest BCUT2D eigenvalue weighted by Crippen LogP contribution is 2.30. The van der Waals surface area contributed by atoms with E-state index in [4.69, 9.17) is 0 Å². The van der Waals surface area contributed by atoms with Gasteiger partial charge in [0.1, 0.15) is 0 Å². The molecule has 0 bridgehead atoms. The summed E-state index contributed by atoms with van der Waals surface area (Å²) in [5.41, 5.74) is 1.56. The van der Waals surface area contributed by atoms with E-state index < -0.39 is 0 Å². The van der Waals surface area contributed by atoms with Crippen molar-refractivity contribution < 1.29 is 4.79 Å². The summed E-state index contributed by atoms with van der Waals surface area (Å²) in [5, 5.41) is 3.67. The van der Waals surface area contributed by atoms with Crippen LogP contribution >= 0.6 is 15.9 Å². The van der Waals surface area contributed by atoms with Crippen LogP contribution in [0, 0.1) is 11.8 Å². The molecule has 1 heterocycles. The number of hydrogen-bond donors (Lipinski definition) is 1. The lowest BCUT2D eigenvalue weighted by Crippen LogP contribution is -2.30. The van der Waals surface area contributed by atoms with Crippen molar-refractivity contribution in [3.63, 3.8) is 0 Å². The zero-order chi connectivity index (χ0) is 19.5. The normalized spacial score (nSPS) is 19.5. The Balaban J connectivity index is 1.36. The molecule has 1 aliphatic rings. The van der Waals surface area contributed by atoms with Gasteiger partial charge in [-0.05, 0) is 61.9 Å². The third-order valence-electron chi connectivity index (χ3n) is 5.50. The Bertz CT molecular complexity index is 1050. The average molecular weight is 440 g/mol. The van der Waals surface area contributed by atoms with Crippen LogP contribution in [0.5, 0.6) is 0 Å². The minimum atomic E-state index is 0.0140. The first-order chi connectivity index (χ1) is 13.6. The minimum Gasteiger partial charge on any atom is -0.326 e. The second-order valence-electron chi connectivity index (χ2n) is 7.44. The molecule has 2 aromatic carbocycles. The van der Waals surface area contributed by atoms with Crippen LogP contribution in [0.4, 0.5) is 5.69 Å². The molecule has 1 amide bonds. The maximum Gasteiger partial charge on any atom is 0.261 e. The molecule has 3 aromatic rings. The molecule has 6 heteroatoms. The third kappa shape index (κ3) is 4.17. The topological polar surface area (TPSA) is 64.0 Å². The Labute approximate surface area is 171 Å². The zero-order valence-electron chi connectivity index (χ0n) is 15.5. The smallest absolute Gasteiger partial charge is 0.261 e. The predicted octanol–water partition coefficient (Wildman–Crippen LogP) is 4.60. The SMILES string of the molecule is O=C(Nc1cccc(Br)c1)C1CCC(Cn2cnc3ccccc3c2=O)CC1. The quantitative estimate of drug-likeness (QED) is 0.645. The Morgan fingerprint density at radius 2 is 1.89 bits per heavy atom. The molecule has 1 aromatic heterocycles. The number of carbonyl (C=O) groups is 1. The Morgan fingerprint density at radius 1 is 1.11 bits per heavy atom. The summed E-state index contributed by atoms with van der Waals surface area (Å²) < 4.78 is 2.66. The van der Waals surface area contributed by atoms with Crippen molar-refractivity contribution in [3.05, 3.63) is 69.7 Å². The van der Waals surface area contributed by atoms with Gasteiger partial charge in [-0.25, -0.2) is 4.98 Å². The average Bonchev–Trinajstić information content (AvgIpc) is 2.71. The van der Waals surface area contributed by atoms with Crippen LogP contribution in [0.3, 0.4) is 0 Å². The van der Waals surface area contributed by atoms with Crippen LogP contribution in [-0.4, -0.2) is 15.5 Å². The lowest BCUT2D eigenvalue weighted by Gasteiger charge is -2.28. The first-order valence-electron chi connectivity index (χ1n) is 9.61. The molecule has 4 rings (SSSR count). The summed E-state index contributed by atoms with van der Waals surface area (Å²) >= 11 is 3.42. The van der Waals surface area contributed by atoms with Crippen molar-refractivity contribution in [2.75, 3.05) is 5.32 Å². The molecule has 1 aliphatic carbocycles. The van der Waals surface area contributed by atoms with Crippen molar-refractivity contribution in [3.8, 4) is 0 Å². The van der Waals surface area contributed by atoms with E-state index in [2.05, 4.69) is 26.2 Å². The molecule has 144 valence electrons. The second-order valence-corrected chi connectivity index (χ2v) is 8.35. The highest BCUT2D eigenvalue weighted by atomic mass is 79.9. The third-order valence-corrected chi connectivity index (χ3v) is 5.99.